The highest BCUT2D eigenvalue weighted by atomic mass is 16.2. The molecule has 0 aliphatic heterocycles. The molecule has 0 spiro atoms. The quantitative estimate of drug-likeness (QED) is 0.800. The lowest BCUT2D eigenvalue weighted by Gasteiger charge is -2.04. The molecule has 16 heavy (non-hydrogen) atoms. The second kappa shape index (κ2) is 5.90. The number of hydrogen-bond acceptors (Lipinski definition) is 2. The van der Waals surface area contributed by atoms with E-state index in [2.05, 4.69) is 10.6 Å². The van der Waals surface area contributed by atoms with Crippen LogP contribution in [0.4, 0.5) is 0 Å². The summed E-state index contributed by atoms with van der Waals surface area (Å²) < 4.78 is 0. The Balaban J connectivity index is 2.75. The normalized spacial score (nSPS) is 9.62. The molecule has 1 aromatic carbocycles. The SMILES string of the molecule is CCNC(=O)c1ccc(C(=O)NCC)cc1. The van der Waals surface area contributed by atoms with E-state index < -0.39 is 0 Å². The van der Waals surface area contributed by atoms with Crippen LogP contribution in [0.5, 0.6) is 0 Å². The molecule has 86 valence electrons. The zero-order valence-corrected chi connectivity index (χ0v) is 9.54. The van der Waals surface area contributed by atoms with Gasteiger partial charge < -0.3 is 10.6 Å². The molecule has 0 aliphatic rings. The Hall–Kier alpha value is -1.84. The summed E-state index contributed by atoms with van der Waals surface area (Å²) in [7, 11) is 0. The van der Waals surface area contributed by atoms with E-state index in [0.29, 0.717) is 24.2 Å². The molecule has 0 saturated carbocycles. The number of carbonyl (C=O) groups is 2. The molecule has 4 nitrogen and oxygen atoms in total. The van der Waals surface area contributed by atoms with Crippen molar-refractivity contribution in [1.29, 1.82) is 0 Å². The number of rotatable bonds is 4. The molecule has 1 rings (SSSR count). The predicted octanol–water partition coefficient (Wildman–Crippen LogP) is 1.19. The van der Waals surface area contributed by atoms with Crippen molar-refractivity contribution in [1.82, 2.24) is 10.6 Å². The van der Waals surface area contributed by atoms with Gasteiger partial charge in [0.2, 0.25) is 0 Å². The lowest BCUT2D eigenvalue weighted by molar-refractivity contribution is 0.0944. The molecule has 1 aromatic rings. The molecule has 0 radical (unpaired) electrons. The Labute approximate surface area is 95.0 Å². The fraction of sp³-hybridized carbons (Fsp3) is 0.333. The number of nitrogens with one attached hydrogen (secondary N) is 2. The van der Waals surface area contributed by atoms with Gasteiger partial charge in [-0.1, -0.05) is 0 Å². The van der Waals surface area contributed by atoms with Gasteiger partial charge in [0, 0.05) is 24.2 Å². The first-order valence-corrected chi connectivity index (χ1v) is 5.35. The summed E-state index contributed by atoms with van der Waals surface area (Å²) in [4.78, 5) is 22.9. The summed E-state index contributed by atoms with van der Waals surface area (Å²) in [5, 5.41) is 5.39. The summed E-state index contributed by atoms with van der Waals surface area (Å²) in [6.45, 7) is 4.91. The van der Waals surface area contributed by atoms with Gasteiger partial charge in [0.15, 0.2) is 0 Å². The largest absolute Gasteiger partial charge is 0.352 e. The van der Waals surface area contributed by atoms with Crippen LogP contribution in [-0.4, -0.2) is 24.9 Å². The first-order valence-electron chi connectivity index (χ1n) is 5.35. The minimum absolute atomic E-state index is 0.120. The highest BCUT2D eigenvalue weighted by Crippen LogP contribution is 2.04. The zero-order valence-electron chi connectivity index (χ0n) is 9.54. The average Bonchev–Trinajstić information content (AvgIpc) is 2.30. The van der Waals surface area contributed by atoms with Crippen LogP contribution in [0, 0.1) is 0 Å². The van der Waals surface area contributed by atoms with Crippen molar-refractivity contribution < 1.29 is 9.59 Å². The third-order valence-corrected chi connectivity index (χ3v) is 2.08. The first kappa shape index (κ1) is 12.2. The van der Waals surface area contributed by atoms with Gasteiger partial charge in [0.1, 0.15) is 0 Å². The van der Waals surface area contributed by atoms with Gasteiger partial charge >= 0.3 is 0 Å². The van der Waals surface area contributed by atoms with Crippen molar-refractivity contribution in [3.8, 4) is 0 Å². The van der Waals surface area contributed by atoms with E-state index in [0.717, 1.165) is 0 Å². The molecular formula is C12H16N2O2. The van der Waals surface area contributed by atoms with Crippen LogP contribution in [0.15, 0.2) is 24.3 Å². The maximum atomic E-state index is 11.4. The number of hydrogen-bond donors (Lipinski definition) is 2. The van der Waals surface area contributed by atoms with Gasteiger partial charge in [-0.2, -0.15) is 0 Å². The van der Waals surface area contributed by atoms with Crippen LogP contribution < -0.4 is 10.6 Å². The Bertz CT molecular complexity index is 334. The summed E-state index contributed by atoms with van der Waals surface area (Å²) in [5.74, 6) is -0.241. The number of amides is 2. The fourth-order valence-corrected chi connectivity index (χ4v) is 1.30. The molecule has 0 aromatic heterocycles. The summed E-state index contributed by atoms with van der Waals surface area (Å²) in [6, 6.07) is 6.59. The minimum atomic E-state index is -0.120. The van der Waals surface area contributed by atoms with E-state index in [9.17, 15) is 9.59 Å². The van der Waals surface area contributed by atoms with E-state index in [4.69, 9.17) is 0 Å². The van der Waals surface area contributed by atoms with Crippen molar-refractivity contribution in [2.75, 3.05) is 13.1 Å². The monoisotopic (exact) mass is 220 g/mol. The predicted molar refractivity (Wildman–Crippen MR) is 62.5 cm³/mol. The van der Waals surface area contributed by atoms with Crippen molar-refractivity contribution in [2.45, 2.75) is 13.8 Å². The van der Waals surface area contributed by atoms with Crippen LogP contribution in [0.1, 0.15) is 34.6 Å². The molecule has 0 heterocycles. The van der Waals surface area contributed by atoms with Crippen LogP contribution in [-0.2, 0) is 0 Å². The maximum absolute atomic E-state index is 11.4. The van der Waals surface area contributed by atoms with Crippen molar-refractivity contribution in [3.05, 3.63) is 35.4 Å². The van der Waals surface area contributed by atoms with Crippen molar-refractivity contribution in [2.24, 2.45) is 0 Å². The van der Waals surface area contributed by atoms with E-state index in [1.165, 1.54) is 0 Å². The Morgan fingerprint density at radius 2 is 1.19 bits per heavy atom. The topological polar surface area (TPSA) is 58.2 Å². The molecule has 0 atom stereocenters. The Kier molecular flexibility index (Phi) is 4.51. The molecular weight excluding hydrogens is 204 g/mol. The molecule has 0 fully saturated rings. The first-order chi connectivity index (χ1) is 7.69. The fourth-order valence-electron chi connectivity index (χ4n) is 1.30. The molecule has 2 amide bonds. The molecule has 2 N–H and O–H groups in total. The highest BCUT2D eigenvalue weighted by molar-refractivity contribution is 5.97. The highest BCUT2D eigenvalue weighted by Gasteiger charge is 2.06. The summed E-state index contributed by atoms with van der Waals surface area (Å²) in [5.41, 5.74) is 1.13. The second-order valence-electron chi connectivity index (χ2n) is 3.30. The molecule has 0 bridgehead atoms. The lowest BCUT2D eigenvalue weighted by atomic mass is 10.1. The average molecular weight is 220 g/mol. The van der Waals surface area contributed by atoms with Gasteiger partial charge in [0.05, 0.1) is 0 Å². The lowest BCUT2D eigenvalue weighted by Crippen LogP contribution is -2.24. The van der Waals surface area contributed by atoms with E-state index in [-0.39, 0.29) is 11.8 Å². The molecule has 0 unspecified atom stereocenters. The van der Waals surface area contributed by atoms with Crippen LogP contribution in [0.3, 0.4) is 0 Å². The summed E-state index contributed by atoms with van der Waals surface area (Å²) in [6.07, 6.45) is 0. The van der Waals surface area contributed by atoms with Crippen molar-refractivity contribution in [3.63, 3.8) is 0 Å². The van der Waals surface area contributed by atoms with Crippen molar-refractivity contribution >= 4 is 11.8 Å². The van der Waals surface area contributed by atoms with Crippen LogP contribution in [0.2, 0.25) is 0 Å². The van der Waals surface area contributed by atoms with Crippen LogP contribution >= 0.6 is 0 Å². The van der Waals surface area contributed by atoms with E-state index in [1.807, 2.05) is 13.8 Å². The molecule has 0 aliphatic carbocycles. The van der Waals surface area contributed by atoms with Gasteiger partial charge in [-0.25, -0.2) is 0 Å². The zero-order chi connectivity index (χ0) is 12.0. The minimum Gasteiger partial charge on any atom is -0.352 e. The van der Waals surface area contributed by atoms with Crippen LogP contribution in [0.25, 0.3) is 0 Å². The molecule has 0 saturated heterocycles. The van der Waals surface area contributed by atoms with E-state index >= 15 is 0 Å². The number of carbonyl (C=O) groups excluding carboxylic acids is 2. The Morgan fingerprint density at radius 1 is 0.875 bits per heavy atom. The Morgan fingerprint density at radius 3 is 1.44 bits per heavy atom. The van der Waals surface area contributed by atoms with Gasteiger partial charge in [0.25, 0.3) is 11.8 Å². The smallest absolute Gasteiger partial charge is 0.251 e. The maximum Gasteiger partial charge on any atom is 0.251 e. The molecule has 4 heteroatoms. The summed E-state index contributed by atoms with van der Waals surface area (Å²) >= 11 is 0. The van der Waals surface area contributed by atoms with E-state index in [1.54, 1.807) is 24.3 Å². The van der Waals surface area contributed by atoms with Gasteiger partial charge in [-0.05, 0) is 38.1 Å². The number of benzene rings is 1. The second-order valence-corrected chi connectivity index (χ2v) is 3.30. The van der Waals surface area contributed by atoms with Gasteiger partial charge in [-0.3, -0.25) is 9.59 Å². The standard InChI is InChI=1S/C12H16N2O2/c1-3-13-11(15)9-5-7-10(8-6-9)12(16)14-4-2/h5-8H,3-4H2,1-2H3,(H,13,15)(H,14,16). The third kappa shape index (κ3) is 3.08. The third-order valence-electron chi connectivity index (χ3n) is 2.08. The van der Waals surface area contributed by atoms with Gasteiger partial charge in [-0.15, -0.1) is 0 Å².